The number of Topliss-reactive ketones (excluding diaryl/α,β-unsaturated/α-hetero) is 1. The lowest BCUT2D eigenvalue weighted by atomic mass is 9.85. The highest BCUT2D eigenvalue weighted by Gasteiger charge is 2.25. The summed E-state index contributed by atoms with van der Waals surface area (Å²) < 4.78 is 0. The van der Waals surface area contributed by atoms with Crippen LogP contribution in [0.15, 0.2) is 17.2 Å². The minimum absolute atomic E-state index is 0.169. The third kappa shape index (κ3) is 6.46. The van der Waals surface area contributed by atoms with E-state index in [-0.39, 0.29) is 18.1 Å². The Morgan fingerprint density at radius 1 is 1.10 bits per heavy atom. The molecule has 0 spiro atoms. The number of carboxylic acid groups (broad SMARTS) is 1. The molecule has 6 heteroatoms. The SMILES string of the molecule is CCCSc1nc(N2CCC[C@H](CC(=O)O)C2)ccc1C(=O)CC1CCCCC1. The quantitative estimate of drug-likeness (QED) is 0.426. The molecule has 0 unspecified atom stereocenters. The van der Waals surface area contributed by atoms with Crippen LogP contribution in [0.25, 0.3) is 0 Å². The molecule has 0 amide bonds. The zero-order valence-corrected chi connectivity index (χ0v) is 18.4. The van der Waals surface area contributed by atoms with Crippen molar-refractivity contribution in [2.45, 2.75) is 76.2 Å². The van der Waals surface area contributed by atoms with Crippen LogP contribution in [0.4, 0.5) is 5.82 Å². The molecule has 160 valence electrons. The van der Waals surface area contributed by atoms with Gasteiger partial charge in [0.2, 0.25) is 0 Å². The molecule has 2 fully saturated rings. The van der Waals surface area contributed by atoms with E-state index in [0.29, 0.717) is 12.3 Å². The Morgan fingerprint density at radius 3 is 2.59 bits per heavy atom. The number of anilines is 1. The summed E-state index contributed by atoms with van der Waals surface area (Å²) >= 11 is 1.67. The number of carbonyl (C=O) groups is 2. The van der Waals surface area contributed by atoms with E-state index in [1.54, 1.807) is 11.8 Å². The summed E-state index contributed by atoms with van der Waals surface area (Å²) in [6.07, 6.45) is 9.99. The third-order valence-electron chi connectivity index (χ3n) is 6.09. The largest absolute Gasteiger partial charge is 0.481 e. The van der Waals surface area contributed by atoms with E-state index in [1.165, 1.54) is 32.1 Å². The Bertz CT molecular complexity index is 703. The van der Waals surface area contributed by atoms with Gasteiger partial charge in [0.1, 0.15) is 10.8 Å². The lowest BCUT2D eigenvalue weighted by molar-refractivity contribution is -0.138. The molecule has 2 heterocycles. The maximum atomic E-state index is 13.0. The van der Waals surface area contributed by atoms with Gasteiger partial charge in [-0.15, -0.1) is 11.8 Å². The first-order valence-electron chi connectivity index (χ1n) is 11.2. The van der Waals surface area contributed by atoms with E-state index < -0.39 is 5.97 Å². The highest BCUT2D eigenvalue weighted by molar-refractivity contribution is 7.99. The number of thioether (sulfide) groups is 1. The number of hydrogen-bond acceptors (Lipinski definition) is 5. The van der Waals surface area contributed by atoms with Crippen LogP contribution in [0.5, 0.6) is 0 Å². The molecule has 0 aromatic carbocycles. The summed E-state index contributed by atoms with van der Waals surface area (Å²) in [5.41, 5.74) is 0.775. The lowest BCUT2D eigenvalue weighted by Crippen LogP contribution is -2.36. The van der Waals surface area contributed by atoms with Gasteiger partial charge in [0.05, 0.1) is 0 Å². The Morgan fingerprint density at radius 2 is 1.86 bits per heavy atom. The van der Waals surface area contributed by atoms with Crippen molar-refractivity contribution >= 4 is 29.3 Å². The van der Waals surface area contributed by atoms with Gasteiger partial charge in [-0.05, 0) is 49.0 Å². The van der Waals surface area contributed by atoms with Gasteiger partial charge in [-0.3, -0.25) is 9.59 Å². The molecule has 1 N–H and O–H groups in total. The summed E-state index contributed by atoms with van der Waals surface area (Å²) in [5, 5.41) is 9.97. The molecule has 1 aliphatic heterocycles. The average Bonchev–Trinajstić information content (AvgIpc) is 2.72. The number of ketones is 1. The molecule has 0 bridgehead atoms. The van der Waals surface area contributed by atoms with E-state index >= 15 is 0 Å². The van der Waals surface area contributed by atoms with Gasteiger partial charge in [-0.2, -0.15) is 0 Å². The van der Waals surface area contributed by atoms with E-state index in [4.69, 9.17) is 10.1 Å². The topological polar surface area (TPSA) is 70.5 Å². The summed E-state index contributed by atoms with van der Waals surface area (Å²) in [5.74, 6) is 2.03. The van der Waals surface area contributed by atoms with Crippen molar-refractivity contribution in [3.8, 4) is 0 Å². The van der Waals surface area contributed by atoms with Crippen molar-refractivity contribution < 1.29 is 14.7 Å². The monoisotopic (exact) mass is 418 g/mol. The van der Waals surface area contributed by atoms with E-state index in [2.05, 4.69) is 11.8 Å². The van der Waals surface area contributed by atoms with Crippen molar-refractivity contribution in [1.82, 2.24) is 4.98 Å². The Kier molecular flexibility index (Phi) is 8.40. The van der Waals surface area contributed by atoms with Gasteiger partial charge in [-0.25, -0.2) is 4.98 Å². The van der Waals surface area contributed by atoms with Crippen LogP contribution in [0.2, 0.25) is 0 Å². The number of pyridine rings is 1. The number of rotatable bonds is 9. The molecule has 1 aromatic heterocycles. The number of aliphatic carboxylic acids is 1. The van der Waals surface area contributed by atoms with Gasteiger partial charge in [0.15, 0.2) is 5.78 Å². The fourth-order valence-corrected chi connectivity index (χ4v) is 5.47. The third-order valence-corrected chi connectivity index (χ3v) is 7.29. The van der Waals surface area contributed by atoms with Crippen LogP contribution in [0.1, 0.15) is 81.5 Å². The van der Waals surface area contributed by atoms with Crippen molar-refractivity contribution in [2.24, 2.45) is 11.8 Å². The molecule has 1 atom stereocenters. The summed E-state index contributed by atoms with van der Waals surface area (Å²) in [7, 11) is 0. The summed E-state index contributed by atoms with van der Waals surface area (Å²) in [4.78, 5) is 31.2. The second-order valence-electron chi connectivity index (χ2n) is 8.55. The minimum Gasteiger partial charge on any atom is -0.481 e. The van der Waals surface area contributed by atoms with Gasteiger partial charge in [0.25, 0.3) is 0 Å². The average molecular weight is 419 g/mol. The van der Waals surface area contributed by atoms with Crippen molar-refractivity contribution in [3.63, 3.8) is 0 Å². The van der Waals surface area contributed by atoms with Gasteiger partial charge in [-0.1, -0.05) is 39.0 Å². The van der Waals surface area contributed by atoms with Crippen molar-refractivity contribution in [1.29, 1.82) is 0 Å². The van der Waals surface area contributed by atoms with Crippen LogP contribution in [0.3, 0.4) is 0 Å². The zero-order valence-electron chi connectivity index (χ0n) is 17.6. The molecule has 5 nitrogen and oxygen atoms in total. The number of carbonyl (C=O) groups excluding carboxylic acids is 1. The Hall–Kier alpha value is -1.56. The first-order valence-corrected chi connectivity index (χ1v) is 12.2. The fraction of sp³-hybridized carbons (Fsp3) is 0.696. The molecule has 1 saturated carbocycles. The van der Waals surface area contributed by atoms with Crippen LogP contribution in [-0.4, -0.2) is 40.7 Å². The lowest BCUT2D eigenvalue weighted by Gasteiger charge is -2.33. The molecule has 3 rings (SSSR count). The molecule has 2 aliphatic rings. The molecule has 1 aromatic rings. The molecule has 0 radical (unpaired) electrons. The maximum absolute atomic E-state index is 13.0. The Balaban J connectivity index is 1.74. The van der Waals surface area contributed by atoms with E-state index in [1.807, 2.05) is 12.1 Å². The number of piperidine rings is 1. The standard InChI is InChI=1S/C23H34N2O3S/c1-2-13-29-23-19(20(26)14-17-7-4-3-5-8-17)10-11-21(24-23)25-12-6-9-18(16-25)15-22(27)28/h10-11,17-18H,2-9,12-16H2,1H3,(H,27,28)/t18-/m1/s1. The fourth-order valence-electron chi connectivity index (χ4n) is 4.58. The van der Waals surface area contributed by atoms with E-state index in [9.17, 15) is 9.59 Å². The number of hydrogen-bond donors (Lipinski definition) is 1. The van der Waals surface area contributed by atoms with Gasteiger partial charge >= 0.3 is 5.97 Å². The molecule has 29 heavy (non-hydrogen) atoms. The zero-order chi connectivity index (χ0) is 20.6. The summed E-state index contributed by atoms with van der Waals surface area (Å²) in [6, 6.07) is 3.93. The normalized spacial score (nSPS) is 20.6. The second-order valence-corrected chi connectivity index (χ2v) is 9.64. The highest BCUT2D eigenvalue weighted by atomic mass is 32.2. The van der Waals surface area contributed by atoms with Crippen LogP contribution < -0.4 is 4.90 Å². The molecular formula is C23H34N2O3S. The van der Waals surface area contributed by atoms with Gasteiger partial charge in [0, 0.05) is 31.5 Å². The van der Waals surface area contributed by atoms with E-state index in [0.717, 1.165) is 54.5 Å². The second kappa shape index (κ2) is 11.0. The Labute approximate surface area is 178 Å². The van der Waals surface area contributed by atoms with Crippen molar-refractivity contribution in [2.75, 3.05) is 23.7 Å². The molecule has 1 saturated heterocycles. The van der Waals surface area contributed by atoms with Crippen molar-refractivity contribution in [3.05, 3.63) is 17.7 Å². The number of aromatic nitrogens is 1. The number of nitrogens with zero attached hydrogens (tertiary/aromatic N) is 2. The maximum Gasteiger partial charge on any atom is 0.303 e. The summed E-state index contributed by atoms with van der Waals surface area (Å²) in [6.45, 7) is 3.77. The minimum atomic E-state index is -0.729. The van der Waals surface area contributed by atoms with Crippen LogP contribution >= 0.6 is 11.8 Å². The van der Waals surface area contributed by atoms with Crippen LogP contribution in [0, 0.1) is 11.8 Å². The number of carboxylic acids is 1. The molecular weight excluding hydrogens is 384 g/mol. The highest BCUT2D eigenvalue weighted by Crippen LogP contribution is 2.32. The predicted octanol–water partition coefficient (Wildman–Crippen LogP) is 5.43. The first kappa shape index (κ1) is 22.1. The molecule has 1 aliphatic carbocycles. The van der Waals surface area contributed by atoms with Gasteiger partial charge < -0.3 is 10.0 Å². The predicted molar refractivity (Wildman–Crippen MR) is 118 cm³/mol. The van der Waals surface area contributed by atoms with Crippen LogP contribution in [-0.2, 0) is 4.79 Å². The smallest absolute Gasteiger partial charge is 0.303 e. The first-order chi connectivity index (χ1) is 14.1.